The normalized spacial score (nSPS) is 21.2. The van der Waals surface area contributed by atoms with Crippen molar-refractivity contribution >= 4 is 66.0 Å². The molecule has 2 aromatic carbocycles. The molecule has 2 amide bonds. The molecule has 1 atom stereocenters. The first-order chi connectivity index (χ1) is 19.6. The summed E-state index contributed by atoms with van der Waals surface area (Å²) in [5.74, 6) is -0.133. The number of aromatic nitrogens is 1. The van der Waals surface area contributed by atoms with Crippen LogP contribution in [-0.4, -0.2) is 79.9 Å². The number of hydrogen-bond acceptors (Lipinski definition) is 5. The molecule has 4 heterocycles. The fourth-order valence-corrected chi connectivity index (χ4v) is 7.86. The maximum Gasteiger partial charge on any atom is 0.258 e. The summed E-state index contributed by atoms with van der Waals surface area (Å²) in [4.78, 5) is 30.4. The van der Waals surface area contributed by atoms with Crippen molar-refractivity contribution in [2.24, 2.45) is 0 Å². The number of fused-ring (bicyclic) bond motifs is 2. The Kier molecular flexibility index (Phi) is 7.56. The Morgan fingerprint density at radius 1 is 1.10 bits per heavy atom. The highest BCUT2D eigenvalue weighted by molar-refractivity contribution is 9.10. The van der Waals surface area contributed by atoms with E-state index in [-0.39, 0.29) is 29.3 Å². The molecule has 3 aromatic rings. The summed E-state index contributed by atoms with van der Waals surface area (Å²) in [6, 6.07) is 11.0. The number of nitrogens with zero attached hydrogens (tertiary/aromatic N) is 4. The van der Waals surface area contributed by atoms with Gasteiger partial charge in [0, 0.05) is 71.0 Å². The third-order valence-corrected chi connectivity index (χ3v) is 10.8. The Bertz CT molecular complexity index is 1680. The Balaban J connectivity index is 1.40. The monoisotopic (exact) mass is 640 g/mol. The second-order valence-electron chi connectivity index (χ2n) is 10.9. The average Bonchev–Trinajstić information content (AvgIpc) is 3.42. The van der Waals surface area contributed by atoms with E-state index >= 15 is 0 Å². The average molecular weight is 642 g/mol. The van der Waals surface area contributed by atoms with E-state index in [1.54, 1.807) is 30.1 Å². The molecular formula is C30H33BrN4O5S. The zero-order valence-corrected chi connectivity index (χ0v) is 25.6. The molecule has 0 bridgehead atoms. The molecule has 216 valence electrons. The van der Waals surface area contributed by atoms with Crippen molar-refractivity contribution < 1.29 is 22.7 Å². The molecule has 0 aliphatic carbocycles. The van der Waals surface area contributed by atoms with E-state index in [0.29, 0.717) is 43.1 Å². The van der Waals surface area contributed by atoms with E-state index in [2.05, 4.69) is 22.9 Å². The maximum absolute atomic E-state index is 13.5. The van der Waals surface area contributed by atoms with Gasteiger partial charge in [0.2, 0.25) is 15.9 Å². The van der Waals surface area contributed by atoms with Crippen LogP contribution in [0.4, 0.5) is 5.69 Å². The highest BCUT2D eigenvalue weighted by Crippen LogP contribution is 2.40. The molecule has 0 spiro atoms. The minimum atomic E-state index is -3.74. The predicted molar refractivity (Wildman–Crippen MR) is 162 cm³/mol. The van der Waals surface area contributed by atoms with Gasteiger partial charge in [-0.15, -0.1) is 0 Å². The van der Waals surface area contributed by atoms with Gasteiger partial charge in [0.05, 0.1) is 23.8 Å². The second kappa shape index (κ2) is 11.0. The number of carbonyl (C=O) groups excluding carboxylic acids is 2. The number of hydrogen-bond donors (Lipinski definition) is 0. The molecule has 3 aliphatic rings. The van der Waals surface area contributed by atoms with E-state index in [1.165, 1.54) is 4.31 Å². The molecule has 6 rings (SSSR count). The predicted octanol–water partition coefficient (Wildman–Crippen LogP) is 4.34. The standard InChI is InChI=1S/C30H33BrN4O5S/c1-20-5-3-4-10-35(20)29(36)19-33-18-21(24-16-22(31)6-8-28(24)33)15-26-25-17-23(7-9-27(25)32(2)30(26)37)41(38,39)34-11-13-40-14-12-34/h6-9,15-18,20H,3-5,10-14,19H2,1-2H3/b26-15-/t20-/m0/s1. The van der Waals surface area contributed by atoms with Crippen molar-refractivity contribution in [3.8, 4) is 0 Å². The van der Waals surface area contributed by atoms with Crippen LogP contribution in [-0.2, 0) is 30.9 Å². The third-order valence-electron chi connectivity index (χ3n) is 8.37. The van der Waals surface area contributed by atoms with Gasteiger partial charge in [-0.05, 0) is 68.7 Å². The van der Waals surface area contributed by atoms with Crippen molar-refractivity contribution in [2.45, 2.75) is 43.7 Å². The molecule has 11 heteroatoms. The largest absolute Gasteiger partial charge is 0.379 e. The Labute approximate surface area is 248 Å². The number of likely N-dealkylation sites (tertiary alicyclic amines) is 1. The number of piperidine rings is 1. The fraction of sp³-hybridized carbons (Fsp3) is 0.400. The van der Waals surface area contributed by atoms with Crippen molar-refractivity contribution in [3.05, 3.63) is 58.2 Å². The minimum Gasteiger partial charge on any atom is -0.379 e. The molecule has 2 saturated heterocycles. The van der Waals surface area contributed by atoms with Gasteiger partial charge in [0.25, 0.3) is 5.91 Å². The molecule has 41 heavy (non-hydrogen) atoms. The fourth-order valence-electron chi connectivity index (χ4n) is 6.07. The van der Waals surface area contributed by atoms with Gasteiger partial charge in [-0.2, -0.15) is 4.31 Å². The first-order valence-electron chi connectivity index (χ1n) is 13.9. The van der Waals surface area contributed by atoms with Gasteiger partial charge < -0.3 is 19.1 Å². The van der Waals surface area contributed by atoms with E-state index in [4.69, 9.17) is 4.74 Å². The molecule has 2 fully saturated rings. The minimum absolute atomic E-state index is 0.0798. The molecule has 9 nitrogen and oxygen atoms in total. The highest BCUT2D eigenvalue weighted by Gasteiger charge is 2.34. The number of rotatable bonds is 5. The zero-order valence-electron chi connectivity index (χ0n) is 23.2. The molecule has 3 aliphatic heterocycles. The Morgan fingerprint density at radius 2 is 1.88 bits per heavy atom. The van der Waals surface area contributed by atoms with E-state index in [0.717, 1.165) is 46.7 Å². The van der Waals surface area contributed by atoms with Crippen molar-refractivity contribution in [1.82, 2.24) is 13.8 Å². The first-order valence-corrected chi connectivity index (χ1v) is 16.2. The van der Waals surface area contributed by atoms with E-state index < -0.39 is 10.0 Å². The SMILES string of the molecule is C[C@H]1CCCCN1C(=O)Cn1cc(/C=C2\C(=O)N(C)c3ccc(S(=O)(=O)N4CCOCC4)cc32)c2cc(Br)ccc21. The summed E-state index contributed by atoms with van der Waals surface area (Å²) in [5.41, 5.74) is 3.31. The van der Waals surface area contributed by atoms with Gasteiger partial charge in [-0.1, -0.05) is 15.9 Å². The van der Waals surface area contributed by atoms with Crippen LogP contribution in [0.25, 0.3) is 22.6 Å². The lowest BCUT2D eigenvalue weighted by atomic mass is 10.0. The first kappa shape index (κ1) is 28.1. The van der Waals surface area contributed by atoms with Crippen LogP contribution in [0.3, 0.4) is 0 Å². The van der Waals surface area contributed by atoms with Gasteiger partial charge in [0.1, 0.15) is 6.54 Å². The van der Waals surface area contributed by atoms with Crippen LogP contribution in [0.2, 0.25) is 0 Å². The molecule has 0 radical (unpaired) electrons. The second-order valence-corrected chi connectivity index (χ2v) is 13.8. The van der Waals surface area contributed by atoms with Gasteiger partial charge >= 0.3 is 0 Å². The number of likely N-dealkylation sites (N-methyl/N-ethyl adjacent to an activating group) is 1. The number of amides is 2. The smallest absolute Gasteiger partial charge is 0.258 e. The van der Waals surface area contributed by atoms with Gasteiger partial charge in [-0.3, -0.25) is 9.59 Å². The highest BCUT2D eigenvalue weighted by atomic mass is 79.9. The summed E-state index contributed by atoms with van der Waals surface area (Å²) < 4.78 is 36.4. The molecule has 0 saturated carbocycles. The summed E-state index contributed by atoms with van der Waals surface area (Å²) in [6.07, 6.45) is 6.90. The lowest BCUT2D eigenvalue weighted by Crippen LogP contribution is -2.43. The van der Waals surface area contributed by atoms with Crippen LogP contribution < -0.4 is 4.90 Å². The van der Waals surface area contributed by atoms with Crippen LogP contribution >= 0.6 is 15.9 Å². The molecule has 0 N–H and O–H groups in total. The molecule has 1 aromatic heterocycles. The quantitative estimate of drug-likeness (QED) is 0.387. The zero-order chi connectivity index (χ0) is 28.9. The van der Waals surface area contributed by atoms with E-state index in [1.807, 2.05) is 39.9 Å². The summed E-state index contributed by atoms with van der Waals surface area (Å²) in [6.45, 7) is 4.39. The number of carbonyl (C=O) groups is 2. The number of halogens is 1. The van der Waals surface area contributed by atoms with Gasteiger partial charge in [-0.25, -0.2) is 8.42 Å². The Morgan fingerprint density at radius 3 is 2.63 bits per heavy atom. The van der Waals surface area contributed by atoms with Gasteiger partial charge in [0.15, 0.2) is 0 Å². The maximum atomic E-state index is 13.5. The van der Waals surface area contributed by atoms with Crippen molar-refractivity contribution in [3.63, 3.8) is 0 Å². The van der Waals surface area contributed by atoms with Crippen LogP contribution in [0.15, 0.2) is 52.0 Å². The number of sulfonamides is 1. The summed E-state index contributed by atoms with van der Waals surface area (Å²) in [5, 5.41) is 0.896. The number of morpholine rings is 1. The third kappa shape index (κ3) is 5.13. The summed E-state index contributed by atoms with van der Waals surface area (Å²) in [7, 11) is -2.05. The topological polar surface area (TPSA) is 92.2 Å². The van der Waals surface area contributed by atoms with Crippen molar-refractivity contribution in [1.29, 1.82) is 0 Å². The number of ether oxygens (including phenoxy) is 1. The van der Waals surface area contributed by atoms with Crippen LogP contribution in [0.5, 0.6) is 0 Å². The number of anilines is 1. The van der Waals surface area contributed by atoms with Crippen LogP contribution in [0, 0.1) is 0 Å². The van der Waals surface area contributed by atoms with E-state index in [9.17, 15) is 18.0 Å². The lowest BCUT2D eigenvalue weighted by Gasteiger charge is -2.33. The number of benzene rings is 2. The summed E-state index contributed by atoms with van der Waals surface area (Å²) >= 11 is 3.57. The lowest BCUT2D eigenvalue weighted by molar-refractivity contribution is -0.135. The molecule has 0 unspecified atom stereocenters. The van der Waals surface area contributed by atoms with Crippen molar-refractivity contribution in [2.75, 3.05) is 44.8 Å². The van der Waals surface area contributed by atoms with Crippen LogP contribution in [0.1, 0.15) is 37.3 Å². The Hall–Kier alpha value is -2.99. The molecular weight excluding hydrogens is 608 g/mol.